The van der Waals surface area contributed by atoms with Crippen molar-refractivity contribution < 1.29 is 4.39 Å². The lowest BCUT2D eigenvalue weighted by Gasteiger charge is -2.14. The first kappa shape index (κ1) is 14.9. The fraction of sp³-hybridized carbons (Fsp3) is 0.412. The lowest BCUT2D eigenvalue weighted by Crippen LogP contribution is -2.30. The molecule has 0 radical (unpaired) electrons. The van der Waals surface area contributed by atoms with Crippen LogP contribution in [0, 0.1) is 12.7 Å². The van der Waals surface area contributed by atoms with Crippen LogP contribution in [0.25, 0.3) is 5.69 Å². The Labute approximate surface area is 129 Å². The van der Waals surface area contributed by atoms with Gasteiger partial charge in [0.05, 0.1) is 0 Å². The highest BCUT2D eigenvalue weighted by Gasteiger charge is 2.16. The molecule has 0 spiro atoms. The van der Waals surface area contributed by atoms with Crippen LogP contribution in [-0.4, -0.2) is 15.8 Å². The highest BCUT2D eigenvalue weighted by atomic mass is 19.1. The zero-order chi connectivity index (χ0) is 15.5. The van der Waals surface area contributed by atoms with Gasteiger partial charge in [-0.15, -0.1) is 0 Å². The number of hydrogen-bond acceptors (Lipinski definition) is 3. The molecule has 1 fully saturated rings. The van der Waals surface area contributed by atoms with Crippen LogP contribution in [-0.2, 0) is 6.54 Å². The Hall–Kier alpha value is -2.01. The molecule has 0 bridgehead atoms. The van der Waals surface area contributed by atoms with Gasteiger partial charge in [-0.3, -0.25) is 4.79 Å². The van der Waals surface area contributed by atoms with E-state index in [4.69, 9.17) is 0 Å². The number of para-hydroxylation sites is 1. The molecule has 0 saturated heterocycles. The summed E-state index contributed by atoms with van der Waals surface area (Å²) in [5.41, 5.74) is 1.32. The van der Waals surface area contributed by atoms with Gasteiger partial charge in [-0.1, -0.05) is 25.0 Å². The number of benzene rings is 1. The molecule has 4 nitrogen and oxygen atoms in total. The number of hydrogen-bond donors (Lipinski definition) is 1. The van der Waals surface area contributed by atoms with E-state index in [1.807, 2.05) is 0 Å². The Morgan fingerprint density at radius 1 is 1.32 bits per heavy atom. The van der Waals surface area contributed by atoms with Gasteiger partial charge in [0.2, 0.25) is 5.43 Å². The van der Waals surface area contributed by atoms with Crippen LogP contribution in [0.4, 0.5) is 4.39 Å². The number of rotatable bonds is 4. The smallest absolute Gasteiger partial charge is 0.204 e. The first-order chi connectivity index (χ1) is 10.6. The summed E-state index contributed by atoms with van der Waals surface area (Å²) in [4.78, 5) is 12.1. The maximum absolute atomic E-state index is 14.0. The first-order valence-corrected chi connectivity index (χ1v) is 7.73. The molecule has 1 aliphatic rings. The van der Waals surface area contributed by atoms with Crippen LogP contribution in [0.5, 0.6) is 0 Å². The second-order valence-electron chi connectivity index (χ2n) is 5.82. The number of aryl methyl sites for hydroxylation is 1. The molecule has 116 valence electrons. The third kappa shape index (κ3) is 3.09. The molecule has 1 N–H and O–H groups in total. The van der Waals surface area contributed by atoms with Gasteiger partial charge in [-0.05, 0) is 31.9 Å². The van der Waals surface area contributed by atoms with E-state index in [2.05, 4.69) is 10.4 Å². The number of aromatic nitrogens is 2. The van der Waals surface area contributed by atoms with Crippen molar-refractivity contribution in [2.75, 3.05) is 0 Å². The van der Waals surface area contributed by atoms with Gasteiger partial charge in [0, 0.05) is 24.3 Å². The molecular weight excluding hydrogens is 281 g/mol. The summed E-state index contributed by atoms with van der Waals surface area (Å²) in [7, 11) is 0. The molecule has 1 heterocycles. The molecule has 3 rings (SSSR count). The molecule has 1 saturated carbocycles. The van der Waals surface area contributed by atoms with E-state index in [0.29, 0.717) is 29.7 Å². The summed E-state index contributed by atoms with van der Waals surface area (Å²) < 4.78 is 15.5. The highest BCUT2D eigenvalue weighted by molar-refractivity contribution is 5.34. The maximum Gasteiger partial charge on any atom is 0.204 e. The number of nitrogens with zero attached hydrogens (tertiary/aromatic N) is 2. The molecule has 0 unspecified atom stereocenters. The van der Waals surface area contributed by atoms with E-state index in [0.717, 1.165) is 12.8 Å². The topological polar surface area (TPSA) is 46.9 Å². The highest BCUT2D eigenvalue weighted by Crippen LogP contribution is 2.18. The fourth-order valence-corrected chi connectivity index (χ4v) is 2.94. The minimum absolute atomic E-state index is 0.101. The van der Waals surface area contributed by atoms with Gasteiger partial charge in [-0.2, -0.15) is 5.10 Å². The summed E-state index contributed by atoms with van der Waals surface area (Å²) in [6, 6.07) is 8.43. The summed E-state index contributed by atoms with van der Waals surface area (Å²) >= 11 is 0. The average molecular weight is 301 g/mol. The van der Waals surface area contributed by atoms with Crippen LogP contribution < -0.4 is 10.7 Å². The van der Waals surface area contributed by atoms with Crippen molar-refractivity contribution in [1.82, 2.24) is 15.1 Å². The van der Waals surface area contributed by atoms with Crippen molar-refractivity contribution in [3.8, 4) is 5.69 Å². The van der Waals surface area contributed by atoms with Crippen LogP contribution in [0.3, 0.4) is 0 Å². The predicted octanol–water partition coefficient (Wildman–Crippen LogP) is 2.71. The minimum atomic E-state index is -0.351. The lowest BCUT2D eigenvalue weighted by atomic mass is 10.2. The lowest BCUT2D eigenvalue weighted by molar-refractivity contribution is 0.511. The van der Waals surface area contributed by atoms with E-state index in [9.17, 15) is 9.18 Å². The summed E-state index contributed by atoms with van der Waals surface area (Å²) in [6.07, 6.45) is 4.76. The van der Waals surface area contributed by atoms with Gasteiger partial charge in [0.25, 0.3) is 0 Å². The molecule has 22 heavy (non-hydrogen) atoms. The third-order valence-corrected chi connectivity index (χ3v) is 4.17. The van der Waals surface area contributed by atoms with Crippen molar-refractivity contribution >= 4 is 0 Å². The number of nitrogens with one attached hydrogen (secondary N) is 1. The molecule has 5 heteroatoms. The predicted molar refractivity (Wildman–Crippen MR) is 83.6 cm³/mol. The Bertz CT molecular complexity index is 720. The molecule has 0 atom stereocenters. The van der Waals surface area contributed by atoms with Crippen LogP contribution in [0.1, 0.15) is 37.1 Å². The van der Waals surface area contributed by atoms with Gasteiger partial charge < -0.3 is 5.32 Å². The molecule has 1 aromatic heterocycles. The van der Waals surface area contributed by atoms with Crippen LogP contribution >= 0.6 is 0 Å². The summed E-state index contributed by atoms with van der Waals surface area (Å²) in [5, 5.41) is 7.75. The average Bonchev–Trinajstić information content (AvgIpc) is 3.01. The summed E-state index contributed by atoms with van der Waals surface area (Å²) in [5.74, 6) is -0.351. The van der Waals surface area contributed by atoms with E-state index < -0.39 is 0 Å². The zero-order valence-electron chi connectivity index (χ0n) is 12.7. The van der Waals surface area contributed by atoms with E-state index in [1.54, 1.807) is 25.1 Å². The quantitative estimate of drug-likeness (QED) is 0.944. The molecular formula is C17H20FN3O. The zero-order valence-corrected chi connectivity index (χ0v) is 12.7. The fourth-order valence-electron chi connectivity index (χ4n) is 2.94. The molecule has 1 aromatic carbocycles. The normalized spacial score (nSPS) is 15.4. The van der Waals surface area contributed by atoms with Crippen molar-refractivity contribution in [2.24, 2.45) is 0 Å². The minimum Gasteiger partial charge on any atom is -0.308 e. The van der Waals surface area contributed by atoms with Gasteiger partial charge in [-0.25, -0.2) is 9.07 Å². The Balaban J connectivity index is 1.89. The van der Waals surface area contributed by atoms with Gasteiger partial charge >= 0.3 is 0 Å². The van der Waals surface area contributed by atoms with Crippen molar-refractivity contribution in [3.63, 3.8) is 0 Å². The Morgan fingerprint density at radius 2 is 2.05 bits per heavy atom. The molecule has 0 aliphatic heterocycles. The second-order valence-corrected chi connectivity index (χ2v) is 5.82. The maximum atomic E-state index is 14.0. The first-order valence-electron chi connectivity index (χ1n) is 7.73. The third-order valence-electron chi connectivity index (χ3n) is 4.17. The summed E-state index contributed by atoms with van der Waals surface area (Å²) in [6.45, 7) is 2.19. The van der Waals surface area contributed by atoms with Gasteiger partial charge in [0.15, 0.2) is 0 Å². The standard InChI is InChI=1S/C17H20FN3O/c1-12-10-17(22)15(11-19-13-6-2-3-7-13)20-21(12)16-9-5-4-8-14(16)18/h4-5,8-10,13,19H,2-3,6-7,11H2,1H3. The van der Waals surface area contributed by atoms with Crippen molar-refractivity contribution in [1.29, 1.82) is 0 Å². The van der Waals surface area contributed by atoms with Crippen molar-refractivity contribution in [3.05, 3.63) is 57.8 Å². The van der Waals surface area contributed by atoms with E-state index >= 15 is 0 Å². The molecule has 0 amide bonds. The van der Waals surface area contributed by atoms with Crippen LogP contribution in [0.15, 0.2) is 35.1 Å². The monoisotopic (exact) mass is 301 g/mol. The SMILES string of the molecule is Cc1cc(=O)c(CNC2CCCC2)nn1-c1ccccc1F. The Kier molecular flexibility index (Phi) is 4.34. The Morgan fingerprint density at radius 3 is 2.77 bits per heavy atom. The number of halogens is 1. The molecule has 2 aromatic rings. The van der Waals surface area contributed by atoms with E-state index in [1.165, 1.54) is 29.7 Å². The second kappa shape index (κ2) is 6.40. The van der Waals surface area contributed by atoms with E-state index in [-0.39, 0.29) is 11.2 Å². The van der Waals surface area contributed by atoms with Gasteiger partial charge in [0.1, 0.15) is 17.2 Å². The molecule has 1 aliphatic carbocycles. The van der Waals surface area contributed by atoms with Crippen LogP contribution in [0.2, 0.25) is 0 Å². The largest absolute Gasteiger partial charge is 0.308 e. The van der Waals surface area contributed by atoms with Crippen molar-refractivity contribution in [2.45, 2.75) is 45.2 Å².